The molecule has 70 valence electrons. The summed E-state index contributed by atoms with van der Waals surface area (Å²) < 4.78 is 0. The van der Waals surface area contributed by atoms with E-state index >= 15 is 0 Å². The number of hydrogen-bond donors (Lipinski definition) is 0. The molecule has 0 unspecified atom stereocenters. The van der Waals surface area contributed by atoms with E-state index in [4.69, 9.17) is 0 Å². The van der Waals surface area contributed by atoms with E-state index in [1.54, 1.807) is 18.0 Å². The highest BCUT2D eigenvalue weighted by Crippen LogP contribution is 2.28. The van der Waals surface area contributed by atoms with Crippen LogP contribution in [0.1, 0.15) is 5.56 Å². The van der Waals surface area contributed by atoms with Gasteiger partial charge in [-0.25, -0.2) is 0 Å². The van der Waals surface area contributed by atoms with Crippen molar-refractivity contribution in [1.29, 1.82) is 0 Å². The maximum atomic E-state index is 4.13. The van der Waals surface area contributed by atoms with Crippen molar-refractivity contribution in [1.82, 2.24) is 0 Å². The maximum absolute atomic E-state index is 4.13. The zero-order chi connectivity index (χ0) is 9.80. The lowest BCUT2D eigenvalue weighted by molar-refractivity contribution is 1.18. The van der Waals surface area contributed by atoms with E-state index in [9.17, 15) is 0 Å². The minimum atomic E-state index is 0.938. The predicted octanol–water partition coefficient (Wildman–Crippen LogP) is 3.43. The summed E-state index contributed by atoms with van der Waals surface area (Å²) in [5, 5.41) is 0. The lowest BCUT2D eigenvalue weighted by Gasteiger charge is -2.05. The molecule has 0 fully saturated rings. The first-order chi connectivity index (χ1) is 6.86. The average Bonchev–Trinajstić information content (AvgIpc) is 2.27. The first-order valence-electron chi connectivity index (χ1n) is 4.49. The molecule has 0 aromatic heterocycles. The molecular weight excluding hydrogens is 190 g/mol. The predicted molar refractivity (Wildman–Crippen MR) is 62.8 cm³/mol. The summed E-state index contributed by atoms with van der Waals surface area (Å²) in [6.07, 6.45) is 6.62. The molecule has 0 saturated carbocycles. The van der Waals surface area contributed by atoms with E-state index < -0.39 is 0 Å². The molecule has 0 atom stereocenters. The number of nitrogens with zero attached hydrogens (tertiary/aromatic N) is 1. The second-order valence-corrected chi connectivity index (χ2v) is 4.21. The van der Waals surface area contributed by atoms with Gasteiger partial charge in [0.25, 0.3) is 0 Å². The third kappa shape index (κ3) is 2.15. The molecule has 1 aliphatic rings. The summed E-state index contributed by atoms with van der Waals surface area (Å²) >= 11 is 1.68. The quantitative estimate of drug-likeness (QED) is 0.626. The molecule has 0 spiro atoms. The second-order valence-electron chi connectivity index (χ2n) is 3.04. The molecule has 0 radical (unpaired) electrons. The number of hydrogen-bond acceptors (Lipinski definition) is 2. The van der Waals surface area contributed by atoms with Crippen LogP contribution in [0, 0.1) is 0 Å². The highest BCUT2D eigenvalue weighted by Gasteiger charge is 2.02. The maximum Gasteiger partial charge on any atom is 0.0401 e. The summed E-state index contributed by atoms with van der Waals surface area (Å²) in [5.74, 6) is 0. The highest BCUT2D eigenvalue weighted by atomic mass is 32.2. The van der Waals surface area contributed by atoms with E-state index in [-0.39, 0.29) is 0 Å². The van der Waals surface area contributed by atoms with Crippen molar-refractivity contribution in [3.63, 3.8) is 0 Å². The zero-order valence-corrected chi connectivity index (χ0v) is 8.63. The van der Waals surface area contributed by atoms with Gasteiger partial charge in [-0.2, -0.15) is 0 Å². The van der Waals surface area contributed by atoms with Crippen molar-refractivity contribution in [2.24, 2.45) is 4.99 Å². The smallest absolute Gasteiger partial charge is 0.0401 e. The Bertz CT molecular complexity index is 405. The third-order valence-corrected chi connectivity index (χ3v) is 2.95. The summed E-state index contributed by atoms with van der Waals surface area (Å²) in [4.78, 5) is 6.38. The standard InChI is InChI=1S/C12H11NS/c1-10-9-13-8-4-6-11-5-2-3-7-12(11)14-10/h2-5,7-9H,1,6H2/b8-4-,13-9-. The van der Waals surface area contributed by atoms with Crippen molar-refractivity contribution in [3.8, 4) is 0 Å². The van der Waals surface area contributed by atoms with E-state index in [0.717, 1.165) is 11.3 Å². The first-order valence-corrected chi connectivity index (χ1v) is 5.31. The zero-order valence-electron chi connectivity index (χ0n) is 7.81. The molecule has 2 rings (SSSR count). The van der Waals surface area contributed by atoms with Gasteiger partial charge in [0, 0.05) is 22.2 Å². The number of thioether (sulfide) groups is 1. The minimum Gasteiger partial charge on any atom is -0.264 e. The van der Waals surface area contributed by atoms with Gasteiger partial charge in [0.1, 0.15) is 0 Å². The Hall–Kier alpha value is -1.28. The fourth-order valence-electron chi connectivity index (χ4n) is 1.31. The van der Waals surface area contributed by atoms with Crippen LogP contribution in [0.2, 0.25) is 0 Å². The summed E-state index contributed by atoms with van der Waals surface area (Å²) in [5.41, 5.74) is 1.33. The lowest BCUT2D eigenvalue weighted by atomic mass is 10.1. The largest absolute Gasteiger partial charge is 0.264 e. The van der Waals surface area contributed by atoms with E-state index in [1.165, 1.54) is 10.5 Å². The normalized spacial score (nSPS) is 20.1. The fraction of sp³-hybridized carbons (Fsp3) is 0.0833. The Balaban J connectivity index is 2.39. The Labute approximate surface area is 88.3 Å². The lowest BCUT2D eigenvalue weighted by Crippen LogP contribution is -1.85. The van der Waals surface area contributed by atoms with Gasteiger partial charge >= 0.3 is 0 Å². The summed E-state index contributed by atoms with van der Waals surface area (Å²) in [6, 6.07) is 8.38. The Morgan fingerprint density at radius 1 is 1.29 bits per heavy atom. The first kappa shape index (κ1) is 9.28. The molecule has 0 N–H and O–H groups in total. The van der Waals surface area contributed by atoms with Gasteiger partial charge in [0.05, 0.1) is 0 Å². The minimum absolute atomic E-state index is 0.938. The molecule has 1 aromatic rings. The van der Waals surface area contributed by atoms with Gasteiger partial charge in [-0.3, -0.25) is 4.99 Å². The SMILES string of the molecule is C=C1/C=N\C=C/Cc2ccccc2S1. The monoisotopic (exact) mass is 201 g/mol. The van der Waals surface area contributed by atoms with Gasteiger partial charge in [-0.15, -0.1) is 0 Å². The summed E-state index contributed by atoms with van der Waals surface area (Å²) in [6.45, 7) is 3.94. The van der Waals surface area contributed by atoms with Crippen LogP contribution in [-0.4, -0.2) is 6.21 Å². The van der Waals surface area contributed by atoms with Gasteiger partial charge in [0.15, 0.2) is 0 Å². The van der Waals surface area contributed by atoms with E-state index in [1.807, 2.05) is 6.20 Å². The van der Waals surface area contributed by atoms with E-state index in [0.29, 0.717) is 0 Å². The van der Waals surface area contributed by atoms with Crippen molar-refractivity contribution in [2.75, 3.05) is 0 Å². The van der Waals surface area contributed by atoms with Crippen LogP contribution in [0.3, 0.4) is 0 Å². The van der Waals surface area contributed by atoms with Crippen LogP contribution in [-0.2, 0) is 6.42 Å². The van der Waals surface area contributed by atoms with Gasteiger partial charge in [-0.05, 0) is 18.1 Å². The molecule has 0 saturated heterocycles. The molecule has 1 aliphatic heterocycles. The fourth-order valence-corrected chi connectivity index (χ4v) is 2.13. The number of fused-ring (bicyclic) bond motifs is 1. The van der Waals surface area contributed by atoms with Crippen molar-refractivity contribution >= 4 is 18.0 Å². The van der Waals surface area contributed by atoms with Gasteiger partial charge in [-0.1, -0.05) is 42.6 Å². The molecule has 1 heterocycles. The van der Waals surface area contributed by atoms with Crippen LogP contribution in [0.25, 0.3) is 0 Å². The van der Waals surface area contributed by atoms with Gasteiger partial charge in [0.2, 0.25) is 0 Å². The molecule has 2 heteroatoms. The van der Waals surface area contributed by atoms with E-state index in [2.05, 4.69) is 41.9 Å². The topological polar surface area (TPSA) is 12.4 Å². The van der Waals surface area contributed by atoms with Crippen LogP contribution in [0.5, 0.6) is 0 Å². The molecule has 0 aliphatic carbocycles. The van der Waals surface area contributed by atoms with Gasteiger partial charge < -0.3 is 0 Å². The third-order valence-electron chi connectivity index (χ3n) is 1.96. The van der Waals surface area contributed by atoms with Crippen LogP contribution >= 0.6 is 11.8 Å². The van der Waals surface area contributed by atoms with Crippen LogP contribution in [0.15, 0.2) is 57.9 Å². The highest BCUT2D eigenvalue weighted by molar-refractivity contribution is 8.04. The number of benzene rings is 1. The average molecular weight is 201 g/mol. The van der Waals surface area contributed by atoms with Crippen LogP contribution in [0.4, 0.5) is 0 Å². The number of rotatable bonds is 0. The number of aliphatic imine (C=N–C) groups is 1. The van der Waals surface area contributed by atoms with Crippen molar-refractivity contribution in [3.05, 3.63) is 53.6 Å². The van der Waals surface area contributed by atoms with Crippen LogP contribution < -0.4 is 0 Å². The second kappa shape index (κ2) is 4.29. The van der Waals surface area contributed by atoms with Crippen molar-refractivity contribution < 1.29 is 0 Å². The summed E-state index contributed by atoms with van der Waals surface area (Å²) in [7, 11) is 0. The Kier molecular flexibility index (Phi) is 2.84. The Morgan fingerprint density at radius 3 is 3.07 bits per heavy atom. The molecule has 14 heavy (non-hydrogen) atoms. The molecule has 0 amide bonds. The van der Waals surface area contributed by atoms with Crippen molar-refractivity contribution in [2.45, 2.75) is 11.3 Å². The molecule has 1 nitrogen and oxygen atoms in total. The molecule has 1 aromatic carbocycles. The number of allylic oxidation sites excluding steroid dienone is 2. The molecular formula is C12H11NS. The Morgan fingerprint density at radius 2 is 2.14 bits per heavy atom. The molecule has 0 bridgehead atoms.